The SMILES string of the molecule is CC(C)(C)OC(=O)N[C@@H](CCSc1ccc(Cl)cc1)C(=O)OCc1ccccc1. The highest BCUT2D eigenvalue weighted by Crippen LogP contribution is 2.22. The lowest BCUT2D eigenvalue weighted by Gasteiger charge is -2.23. The van der Waals surface area contributed by atoms with E-state index in [1.165, 1.54) is 0 Å². The maximum absolute atomic E-state index is 12.6. The summed E-state index contributed by atoms with van der Waals surface area (Å²) in [5.74, 6) is 0.124. The Morgan fingerprint density at radius 1 is 1.07 bits per heavy atom. The minimum Gasteiger partial charge on any atom is -0.459 e. The molecule has 0 radical (unpaired) electrons. The Labute approximate surface area is 181 Å². The van der Waals surface area contributed by atoms with E-state index >= 15 is 0 Å². The number of hydrogen-bond acceptors (Lipinski definition) is 5. The van der Waals surface area contributed by atoms with Crippen LogP contribution in [0.5, 0.6) is 0 Å². The van der Waals surface area contributed by atoms with Crippen LogP contribution >= 0.6 is 23.4 Å². The number of alkyl carbamates (subject to hydrolysis) is 1. The van der Waals surface area contributed by atoms with E-state index in [4.69, 9.17) is 21.1 Å². The Morgan fingerprint density at radius 3 is 2.34 bits per heavy atom. The van der Waals surface area contributed by atoms with Gasteiger partial charge in [0.2, 0.25) is 0 Å². The molecule has 2 aromatic carbocycles. The molecule has 0 aliphatic carbocycles. The molecule has 0 saturated carbocycles. The molecule has 2 rings (SSSR count). The fourth-order valence-corrected chi connectivity index (χ4v) is 3.40. The van der Waals surface area contributed by atoms with E-state index in [1.807, 2.05) is 54.6 Å². The average Bonchev–Trinajstić information content (AvgIpc) is 2.66. The van der Waals surface area contributed by atoms with Crippen LogP contribution in [-0.4, -0.2) is 29.5 Å². The monoisotopic (exact) mass is 435 g/mol. The van der Waals surface area contributed by atoms with Crippen molar-refractivity contribution in [1.82, 2.24) is 5.32 Å². The quantitative estimate of drug-likeness (QED) is 0.440. The van der Waals surface area contributed by atoms with Crippen molar-refractivity contribution in [3.05, 3.63) is 65.2 Å². The predicted molar refractivity (Wildman–Crippen MR) is 116 cm³/mol. The van der Waals surface area contributed by atoms with Gasteiger partial charge in [-0.15, -0.1) is 11.8 Å². The molecule has 0 saturated heterocycles. The molecule has 0 aromatic heterocycles. The van der Waals surface area contributed by atoms with E-state index in [0.717, 1.165) is 10.5 Å². The van der Waals surface area contributed by atoms with Gasteiger partial charge in [-0.25, -0.2) is 9.59 Å². The first-order chi connectivity index (χ1) is 13.7. The van der Waals surface area contributed by atoms with Gasteiger partial charge in [0.25, 0.3) is 0 Å². The van der Waals surface area contributed by atoms with E-state index in [0.29, 0.717) is 17.2 Å². The molecule has 7 heteroatoms. The van der Waals surface area contributed by atoms with E-state index in [-0.39, 0.29) is 6.61 Å². The summed E-state index contributed by atoms with van der Waals surface area (Å²) < 4.78 is 10.7. The van der Waals surface area contributed by atoms with E-state index < -0.39 is 23.7 Å². The van der Waals surface area contributed by atoms with Gasteiger partial charge in [0, 0.05) is 15.7 Å². The molecule has 0 spiro atoms. The summed E-state index contributed by atoms with van der Waals surface area (Å²) in [7, 11) is 0. The standard InChI is InChI=1S/C22H26ClNO4S/c1-22(2,3)28-21(26)24-19(13-14-29-18-11-9-17(23)10-12-18)20(25)27-15-16-7-5-4-6-8-16/h4-12,19H,13-15H2,1-3H3,(H,24,26)/t19-/m0/s1. The summed E-state index contributed by atoms with van der Waals surface area (Å²) in [5, 5.41) is 3.30. The lowest BCUT2D eigenvalue weighted by Crippen LogP contribution is -2.44. The number of ether oxygens (including phenoxy) is 2. The Balaban J connectivity index is 1.94. The third kappa shape index (κ3) is 9.24. The second-order valence-corrected chi connectivity index (χ2v) is 8.99. The summed E-state index contributed by atoms with van der Waals surface area (Å²) in [6.45, 7) is 5.46. The second kappa shape index (κ2) is 11.1. The van der Waals surface area contributed by atoms with Gasteiger partial charge >= 0.3 is 12.1 Å². The molecule has 0 aliphatic rings. The number of hydrogen-bond donors (Lipinski definition) is 1. The number of benzene rings is 2. The fraction of sp³-hybridized carbons (Fsp3) is 0.364. The molecule has 0 unspecified atom stereocenters. The van der Waals surface area contributed by atoms with Gasteiger partial charge in [0.05, 0.1) is 0 Å². The Kier molecular flexibility index (Phi) is 8.86. The molecule has 0 heterocycles. The molecular formula is C22H26ClNO4S. The molecule has 5 nitrogen and oxygen atoms in total. The Bertz CT molecular complexity index is 791. The maximum atomic E-state index is 12.6. The van der Waals surface area contributed by atoms with Crippen molar-refractivity contribution in [3.8, 4) is 0 Å². The molecule has 0 bridgehead atoms. The Hall–Kier alpha value is -2.18. The molecule has 0 aliphatic heterocycles. The van der Waals surface area contributed by atoms with E-state index in [2.05, 4.69) is 5.32 Å². The van der Waals surface area contributed by atoms with Gasteiger partial charge in [-0.2, -0.15) is 0 Å². The highest BCUT2D eigenvalue weighted by molar-refractivity contribution is 7.99. The predicted octanol–water partition coefficient (Wildman–Crippen LogP) is 5.46. The maximum Gasteiger partial charge on any atom is 0.408 e. The first-order valence-electron chi connectivity index (χ1n) is 9.31. The summed E-state index contributed by atoms with van der Waals surface area (Å²) in [6, 6.07) is 16.1. The number of nitrogens with one attached hydrogen (secondary N) is 1. The van der Waals surface area contributed by atoms with Gasteiger partial charge in [-0.1, -0.05) is 41.9 Å². The first-order valence-corrected chi connectivity index (χ1v) is 10.7. The average molecular weight is 436 g/mol. The van der Waals surface area contributed by atoms with Gasteiger partial charge in [-0.05, 0) is 57.0 Å². The number of thioether (sulfide) groups is 1. The van der Waals surface area contributed by atoms with Gasteiger partial charge in [0.15, 0.2) is 0 Å². The first kappa shape index (κ1) is 23.1. The highest BCUT2D eigenvalue weighted by atomic mass is 35.5. The molecule has 156 valence electrons. The van der Waals surface area contributed by atoms with Crippen LogP contribution in [0.15, 0.2) is 59.5 Å². The largest absolute Gasteiger partial charge is 0.459 e. The number of rotatable bonds is 8. The number of carbonyl (C=O) groups excluding carboxylic acids is 2. The summed E-state index contributed by atoms with van der Waals surface area (Å²) in [5.41, 5.74) is 0.230. The minimum atomic E-state index is -0.798. The van der Waals surface area contributed by atoms with Crippen molar-refractivity contribution in [2.75, 3.05) is 5.75 Å². The number of halogens is 1. The summed E-state index contributed by atoms with van der Waals surface area (Å²) >= 11 is 7.47. The van der Waals surface area contributed by atoms with E-state index in [9.17, 15) is 9.59 Å². The van der Waals surface area contributed by atoms with Gasteiger partial charge in [0.1, 0.15) is 18.2 Å². The lowest BCUT2D eigenvalue weighted by atomic mass is 10.2. The third-order valence-electron chi connectivity index (χ3n) is 3.69. The molecule has 1 atom stereocenters. The third-order valence-corrected chi connectivity index (χ3v) is 4.99. The van der Waals surface area contributed by atoms with Crippen LogP contribution in [0.1, 0.15) is 32.8 Å². The van der Waals surface area contributed by atoms with Crippen LogP contribution in [0.25, 0.3) is 0 Å². The Morgan fingerprint density at radius 2 is 1.72 bits per heavy atom. The van der Waals surface area contributed by atoms with Crippen molar-refractivity contribution < 1.29 is 19.1 Å². The molecule has 29 heavy (non-hydrogen) atoms. The van der Waals surface area contributed by atoms with Crippen molar-refractivity contribution in [3.63, 3.8) is 0 Å². The normalized spacial score (nSPS) is 12.1. The fourth-order valence-electron chi connectivity index (χ4n) is 2.35. The van der Waals surface area contributed by atoms with Crippen LogP contribution in [0.3, 0.4) is 0 Å². The molecule has 1 amide bonds. The minimum absolute atomic E-state index is 0.149. The molecule has 2 aromatic rings. The van der Waals surface area contributed by atoms with Crippen LogP contribution in [0.2, 0.25) is 5.02 Å². The van der Waals surface area contributed by atoms with Gasteiger partial charge < -0.3 is 14.8 Å². The number of amides is 1. The van der Waals surface area contributed by atoms with Crippen LogP contribution in [-0.2, 0) is 20.9 Å². The van der Waals surface area contributed by atoms with Crippen molar-refractivity contribution >= 4 is 35.4 Å². The molecule has 0 fully saturated rings. The van der Waals surface area contributed by atoms with Crippen molar-refractivity contribution in [2.24, 2.45) is 0 Å². The zero-order valence-corrected chi connectivity index (χ0v) is 18.4. The smallest absolute Gasteiger partial charge is 0.408 e. The van der Waals surface area contributed by atoms with Gasteiger partial charge in [-0.3, -0.25) is 0 Å². The van der Waals surface area contributed by atoms with Crippen LogP contribution in [0, 0.1) is 0 Å². The highest BCUT2D eigenvalue weighted by Gasteiger charge is 2.25. The van der Waals surface area contributed by atoms with Crippen molar-refractivity contribution in [1.29, 1.82) is 0 Å². The molecular weight excluding hydrogens is 410 g/mol. The van der Waals surface area contributed by atoms with E-state index in [1.54, 1.807) is 32.5 Å². The summed E-state index contributed by atoms with van der Waals surface area (Å²) in [4.78, 5) is 25.8. The van der Waals surface area contributed by atoms with Crippen molar-refractivity contribution in [2.45, 2.75) is 50.3 Å². The van der Waals surface area contributed by atoms with Crippen LogP contribution in [0.4, 0.5) is 4.79 Å². The lowest BCUT2D eigenvalue weighted by molar-refractivity contribution is -0.147. The zero-order valence-electron chi connectivity index (χ0n) is 16.8. The zero-order chi connectivity index (χ0) is 21.3. The number of esters is 1. The topological polar surface area (TPSA) is 64.6 Å². The molecule has 1 N–H and O–H groups in total. The summed E-state index contributed by atoms with van der Waals surface area (Å²) in [6.07, 6.45) is -0.240. The number of carbonyl (C=O) groups is 2. The van der Waals surface area contributed by atoms with Crippen LogP contribution < -0.4 is 5.32 Å². The second-order valence-electron chi connectivity index (χ2n) is 7.38.